The van der Waals surface area contributed by atoms with Gasteiger partial charge in [-0.15, -0.1) is 0 Å². The normalized spacial score (nSPS) is 10.3. The molecule has 3 heteroatoms. The molecule has 3 nitrogen and oxygen atoms in total. The molecule has 0 spiro atoms. The van der Waals surface area contributed by atoms with E-state index in [0.29, 0.717) is 0 Å². The van der Waals surface area contributed by atoms with Gasteiger partial charge in [-0.2, -0.15) is 0 Å². The molecule has 0 bridgehead atoms. The Morgan fingerprint density at radius 2 is 2.06 bits per heavy atom. The largest absolute Gasteiger partial charge is 0.496 e. The van der Waals surface area contributed by atoms with Crippen LogP contribution in [0.5, 0.6) is 5.75 Å². The topological polar surface area (TPSA) is 35.0 Å². The van der Waals surface area contributed by atoms with E-state index in [-0.39, 0.29) is 0 Å². The minimum Gasteiger partial charge on any atom is -0.496 e. The summed E-state index contributed by atoms with van der Waals surface area (Å²) >= 11 is 0. The smallest absolute Gasteiger partial charge is 0.159 e. The Morgan fingerprint density at radius 3 is 2.71 bits per heavy atom. The lowest BCUT2D eigenvalue weighted by atomic mass is 10.1. The van der Waals surface area contributed by atoms with E-state index in [4.69, 9.17) is 4.74 Å². The summed E-state index contributed by atoms with van der Waals surface area (Å²) in [6.07, 6.45) is 2.73. The van der Waals surface area contributed by atoms with Gasteiger partial charge in [0.25, 0.3) is 0 Å². The van der Waals surface area contributed by atoms with Crippen LogP contribution in [0.4, 0.5) is 0 Å². The molecule has 17 heavy (non-hydrogen) atoms. The summed E-state index contributed by atoms with van der Waals surface area (Å²) in [5.41, 5.74) is 3.18. The van der Waals surface area contributed by atoms with Gasteiger partial charge in [0.15, 0.2) is 5.82 Å². The fraction of sp³-hybridized carbons (Fsp3) is 0.286. The second kappa shape index (κ2) is 4.95. The highest BCUT2D eigenvalue weighted by Crippen LogP contribution is 2.23. The summed E-state index contributed by atoms with van der Waals surface area (Å²) in [5, 5.41) is 0. The molecule has 1 heterocycles. The van der Waals surface area contributed by atoms with Crippen molar-refractivity contribution in [2.45, 2.75) is 20.3 Å². The lowest BCUT2D eigenvalue weighted by molar-refractivity contribution is 0.412. The molecule has 0 aliphatic rings. The molecular weight excluding hydrogens is 212 g/mol. The summed E-state index contributed by atoms with van der Waals surface area (Å²) < 4.78 is 5.24. The zero-order valence-corrected chi connectivity index (χ0v) is 10.4. The van der Waals surface area contributed by atoms with Crippen molar-refractivity contribution < 1.29 is 4.74 Å². The van der Waals surface area contributed by atoms with Crippen molar-refractivity contribution in [1.29, 1.82) is 0 Å². The minimum atomic E-state index is 0.773. The van der Waals surface area contributed by atoms with Crippen LogP contribution < -0.4 is 4.74 Å². The molecule has 0 saturated carbocycles. The molecule has 0 aliphatic carbocycles. The molecule has 1 aromatic carbocycles. The van der Waals surface area contributed by atoms with E-state index in [1.165, 1.54) is 0 Å². The maximum atomic E-state index is 5.24. The van der Waals surface area contributed by atoms with Gasteiger partial charge in [-0.05, 0) is 43.2 Å². The zero-order chi connectivity index (χ0) is 12.3. The van der Waals surface area contributed by atoms with Crippen LogP contribution in [-0.2, 0) is 6.42 Å². The van der Waals surface area contributed by atoms with Gasteiger partial charge < -0.3 is 4.74 Å². The average Bonchev–Trinajstić information content (AvgIpc) is 2.38. The predicted molar refractivity (Wildman–Crippen MR) is 68.1 cm³/mol. The molecule has 0 atom stereocenters. The molecule has 1 aromatic heterocycles. The van der Waals surface area contributed by atoms with Crippen molar-refractivity contribution in [1.82, 2.24) is 9.97 Å². The molecule has 0 aliphatic heterocycles. The van der Waals surface area contributed by atoms with Crippen LogP contribution in [0.25, 0.3) is 11.4 Å². The molecule has 88 valence electrons. The summed E-state index contributed by atoms with van der Waals surface area (Å²) in [5.74, 6) is 1.66. The molecule has 2 aromatic rings. The number of rotatable bonds is 3. The van der Waals surface area contributed by atoms with E-state index in [2.05, 4.69) is 16.9 Å². The van der Waals surface area contributed by atoms with Crippen LogP contribution in [-0.4, -0.2) is 17.1 Å². The fourth-order valence-electron chi connectivity index (χ4n) is 1.75. The Labute approximate surface area is 102 Å². The number of nitrogens with zero attached hydrogens (tertiary/aromatic N) is 2. The SMILES string of the molecule is CCc1ccnc(-c2ccc(OC)c(C)c2)n1. The first kappa shape index (κ1) is 11.6. The number of hydrogen-bond donors (Lipinski definition) is 0. The maximum absolute atomic E-state index is 5.24. The van der Waals surface area contributed by atoms with E-state index in [1.54, 1.807) is 13.3 Å². The van der Waals surface area contributed by atoms with Gasteiger partial charge in [-0.1, -0.05) is 6.92 Å². The highest BCUT2D eigenvalue weighted by Gasteiger charge is 2.05. The quantitative estimate of drug-likeness (QED) is 0.810. The van der Waals surface area contributed by atoms with Crippen molar-refractivity contribution in [2.75, 3.05) is 7.11 Å². The Balaban J connectivity index is 2.42. The maximum Gasteiger partial charge on any atom is 0.159 e. The lowest BCUT2D eigenvalue weighted by Crippen LogP contribution is -1.94. The van der Waals surface area contributed by atoms with E-state index in [9.17, 15) is 0 Å². The first-order valence-electron chi connectivity index (χ1n) is 5.71. The summed E-state index contributed by atoms with van der Waals surface area (Å²) in [7, 11) is 1.68. The van der Waals surface area contributed by atoms with Crippen LogP contribution in [0, 0.1) is 6.92 Å². The van der Waals surface area contributed by atoms with Gasteiger partial charge >= 0.3 is 0 Å². The van der Waals surface area contributed by atoms with Crippen LogP contribution >= 0.6 is 0 Å². The van der Waals surface area contributed by atoms with E-state index in [1.807, 2.05) is 31.2 Å². The third-order valence-electron chi connectivity index (χ3n) is 2.73. The molecule has 0 N–H and O–H groups in total. The van der Waals surface area contributed by atoms with E-state index >= 15 is 0 Å². The first-order valence-corrected chi connectivity index (χ1v) is 5.71. The number of benzene rings is 1. The molecule has 0 saturated heterocycles. The zero-order valence-electron chi connectivity index (χ0n) is 10.4. The van der Waals surface area contributed by atoms with Gasteiger partial charge in [0, 0.05) is 17.5 Å². The average molecular weight is 228 g/mol. The van der Waals surface area contributed by atoms with Gasteiger partial charge in [-0.25, -0.2) is 9.97 Å². The number of ether oxygens (including phenoxy) is 1. The Hall–Kier alpha value is -1.90. The van der Waals surface area contributed by atoms with Crippen LogP contribution in [0.3, 0.4) is 0 Å². The predicted octanol–water partition coefficient (Wildman–Crippen LogP) is 3.02. The van der Waals surface area contributed by atoms with Crippen molar-refractivity contribution in [2.24, 2.45) is 0 Å². The van der Waals surface area contributed by atoms with Gasteiger partial charge in [0.1, 0.15) is 5.75 Å². The monoisotopic (exact) mass is 228 g/mol. The van der Waals surface area contributed by atoms with Gasteiger partial charge in [-0.3, -0.25) is 0 Å². The van der Waals surface area contributed by atoms with Crippen LogP contribution in [0.1, 0.15) is 18.2 Å². The summed E-state index contributed by atoms with van der Waals surface area (Å²) in [6.45, 7) is 4.11. The highest BCUT2D eigenvalue weighted by molar-refractivity contribution is 5.58. The van der Waals surface area contributed by atoms with Crippen molar-refractivity contribution in [3.63, 3.8) is 0 Å². The van der Waals surface area contributed by atoms with E-state index < -0.39 is 0 Å². The number of aryl methyl sites for hydroxylation is 2. The highest BCUT2D eigenvalue weighted by atomic mass is 16.5. The summed E-state index contributed by atoms with van der Waals surface area (Å²) in [4.78, 5) is 8.81. The van der Waals surface area contributed by atoms with Crippen LogP contribution in [0.2, 0.25) is 0 Å². The first-order chi connectivity index (χ1) is 8.24. The molecule has 0 amide bonds. The molecule has 0 fully saturated rings. The number of aromatic nitrogens is 2. The van der Waals surface area contributed by atoms with Crippen molar-refractivity contribution >= 4 is 0 Å². The van der Waals surface area contributed by atoms with Gasteiger partial charge in [0.05, 0.1) is 7.11 Å². The minimum absolute atomic E-state index is 0.773. The van der Waals surface area contributed by atoms with E-state index in [0.717, 1.165) is 34.8 Å². The third-order valence-corrected chi connectivity index (χ3v) is 2.73. The molecule has 0 radical (unpaired) electrons. The van der Waals surface area contributed by atoms with Crippen LogP contribution in [0.15, 0.2) is 30.5 Å². The van der Waals surface area contributed by atoms with Crippen molar-refractivity contribution in [3.05, 3.63) is 41.7 Å². The fourth-order valence-corrected chi connectivity index (χ4v) is 1.75. The lowest BCUT2D eigenvalue weighted by Gasteiger charge is -2.07. The second-order valence-electron chi connectivity index (χ2n) is 3.91. The third kappa shape index (κ3) is 2.44. The molecule has 0 unspecified atom stereocenters. The standard InChI is InChI=1S/C14H16N2O/c1-4-12-7-8-15-14(16-12)11-5-6-13(17-3)10(2)9-11/h5-9H,4H2,1-3H3. The molecular formula is C14H16N2O. The Bertz CT molecular complexity index is 523. The Morgan fingerprint density at radius 1 is 1.24 bits per heavy atom. The van der Waals surface area contributed by atoms with Gasteiger partial charge in [0.2, 0.25) is 0 Å². The number of hydrogen-bond acceptors (Lipinski definition) is 3. The molecule has 2 rings (SSSR count). The van der Waals surface area contributed by atoms with Crippen molar-refractivity contribution in [3.8, 4) is 17.1 Å². The number of methoxy groups -OCH3 is 1. The summed E-state index contributed by atoms with van der Waals surface area (Å²) in [6, 6.07) is 7.93. The second-order valence-corrected chi connectivity index (χ2v) is 3.91. The Kier molecular flexibility index (Phi) is 3.38.